The molecule has 2 nitrogen and oxygen atoms in total. The lowest BCUT2D eigenvalue weighted by atomic mass is 10.3. The van der Waals surface area contributed by atoms with E-state index in [1.54, 1.807) is 6.20 Å². The van der Waals surface area contributed by atoms with Crippen LogP contribution in [-0.4, -0.2) is 12.6 Å². The molecule has 0 aromatic heterocycles. The van der Waals surface area contributed by atoms with Crippen molar-refractivity contribution in [3.63, 3.8) is 0 Å². The molecule has 66 valence electrons. The van der Waals surface area contributed by atoms with Crippen molar-refractivity contribution in [2.75, 3.05) is 0 Å². The average molecular weight is 164 g/mol. The third kappa shape index (κ3) is 3.86. The third-order valence-electron chi connectivity index (χ3n) is 1.38. The van der Waals surface area contributed by atoms with Crippen molar-refractivity contribution < 1.29 is 0 Å². The van der Waals surface area contributed by atoms with Gasteiger partial charge in [0.25, 0.3) is 0 Å². The standard InChI is InChI=1S/C10H16N2/c1-6-9(4)10(11-5)12-7-8(2)3/h6-7H,5H2,1-4H3/b9-6+,12-10-. The smallest absolute Gasteiger partial charge is 0.153 e. The normalized spacial score (nSPS) is 12.7. The Bertz CT molecular complexity index is 241. The van der Waals surface area contributed by atoms with Gasteiger partial charge >= 0.3 is 0 Å². The molecule has 0 saturated heterocycles. The van der Waals surface area contributed by atoms with Crippen LogP contribution >= 0.6 is 0 Å². The molecule has 0 amide bonds. The Morgan fingerprint density at radius 3 is 2.17 bits per heavy atom. The summed E-state index contributed by atoms with van der Waals surface area (Å²) in [4.78, 5) is 7.99. The van der Waals surface area contributed by atoms with Gasteiger partial charge in [-0.1, -0.05) is 11.6 Å². The fourth-order valence-corrected chi connectivity index (χ4v) is 0.587. The Hall–Kier alpha value is -1.18. The second-order valence-corrected chi connectivity index (χ2v) is 2.79. The molecule has 0 fully saturated rings. The molecule has 0 radical (unpaired) electrons. The number of hydrogen-bond acceptors (Lipinski definition) is 1. The van der Waals surface area contributed by atoms with Gasteiger partial charge in [-0.05, 0) is 40.0 Å². The summed E-state index contributed by atoms with van der Waals surface area (Å²) < 4.78 is 0. The minimum atomic E-state index is 0.693. The summed E-state index contributed by atoms with van der Waals surface area (Å²) in [7, 11) is 0. The third-order valence-corrected chi connectivity index (χ3v) is 1.38. The molecule has 0 bridgehead atoms. The first-order valence-electron chi connectivity index (χ1n) is 3.93. The Morgan fingerprint density at radius 2 is 1.83 bits per heavy atom. The molecule has 0 rings (SSSR count). The lowest BCUT2D eigenvalue weighted by Crippen LogP contribution is -1.93. The van der Waals surface area contributed by atoms with Crippen LogP contribution in [0.25, 0.3) is 0 Å². The molecule has 0 aliphatic rings. The van der Waals surface area contributed by atoms with E-state index in [1.807, 2.05) is 33.8 Å². The lowest BCUT2D eigenvalue weighted by molar-refractivity contribution is 1.32. The van der Waals surface area contributed by atoms with Gasteiger partial charge in [-0.3, -0.25) is 0 Å². The van der Waals surface area contributed by atoms with Gasteiger partial charge in [-0.2, -0.15) is 0 Å². The average Bonchev–Trinajstić information content (AvgIpc) is 2.04. The highest BCUT2D eigenvalue weighted by Gasteiger charge is 1.94. The monoisotopic (exact) mass is 164 g/mol. The molecule has 0 N–H and O–H groups in total. The molecule has 12 heavy (non-hydrogen) atoms. The fraction of sp³-hybridized carbons (Fsp3) is 0.400. The van der Waals surface area contributed by atoms with Crippen LogP contribution in [0.15, 0.2) is 33.4 Å². The van der Waals surface area contributed by atoms with Crippen molar-refractivity contribution in [1.29, 1.82) is 0 Å². The molecular weight excluding hydrogens is 148 g/mol. The minimum Gasteiger partial charge on any atom is -0.245 e. The Balaban J connectivity index is 4.67. The number of aliphatic imine (C=N–C) groups is 2. The first kappa shape index (κ1) is 10.8. The number of amidine groups is 1. The van der Waals surface area contributed by atoms with Crippen LogP contribution in [0.5, 0.6) is 0 Å². The topological polar surface area (TPSA) is 24.7 Å². The van der Waals surface area contributed by atoms with E-state index in [0.717, 1.165) is 11.1 Å². The van der Waals surface area contributed by atoms with Gasteiger partial charge in [-0.25, -0.2) is 9.98 Å². The molecule has 0 unspecified atom stereocenters. The molecule has 0 aromatic rings. The summed E-state index contributed by atoms with van der Waals surface area (Å²) >= 11 is 0. The van der Waals surface area contributed by atoms with Crippen molar-refractivity contribution in [3.05, 3.63) is 23.4 Å². The second kappa shape index (κ2) is 5.47. The number of rotatable bonds is 2. The molecule has 0 aromatic carbocycles. The highest BCUT2D eigenvalue weighted by Crippen LogP contribution is 2.00. The van der Waals surface area contributed by atoms with Gasteiger partial charge < -0.3 is 0 Å². The van der Waals surface area contributed by atoms with Gasteiger partial charge in [0.15, 0.2) is 5.84 Å². The first-order valence-corrected chi connectivity index (χ1v) is 3.93. The summed E-state index contributed by atoms with van der Waals surface area (Å²) in [6.07, 6.45) is 3.75. The molecule has 2 heteroatoms. The molecular formula is C10H16N2. The van der Waals surface area contributed by atoms with Crippen LogP contribution in [0, 0.1) is 0 Å². The van der Waals surface area contributed by atoms with Crippen LogP contribution in [-0.2, 0) is 0 Å². The van der Waals surface area contributed by atoms with Gasteiger partial charge in [0.05, 0.1) is 0 Å². The van der Waals surface area contributed by atoms with Crippen molar-refractivity contribution in [3.8, 4) is 0 Å². The van der Waals surface area contributed by atoms with Crippen molar-refractivity contribution in [1.82, 2.24) is 0 Å². The highest BCUT2D eigenvalue weighted by molar-refractivity contribution is 6.00. The van der Waals surface area contributed by atoms with Crippen molar-refractivity contribution in [2.24, 2.45) is 9.98 Å². The summed E-state index contributed by atoms with van der Waals surface area (Å²) in [6, 6.07) is 0. The lowest BCUT2D eigenvalue weighted by Gasteiger charge is -1.96. The van der Waals surface area contributed by atoms with Crippen LogP contribution < -0.4 is 0 Å². The van der Waals surface area contributed by atoms with Gasteiger partial charge in [0.2, 0.25) is 0 Å². The largest absolute Gasteiger partial charge is 0.245 e. The zero-order valence-electron chi connectivity index (χ0n) is 8.26. The quantitative estimate of drug-likeness (QED) is 0.443. The number of allylic oxidation sites excluding steroid dienone is 2. The molecule has 0 aliphatic heterocycles. The van der Waals surface area contributed by atoms with Gasteiger partial charge in [-0.15, -0.1) is 0 Å². The van der Waals surface area contributed by atoms with E-state index in [1.165, 1.54) is 0 Å². The van der Waals surface area contributed by atoms with Crippen molar-refractivity contribution >= 4 is 12.6 Å². The van der Waals surface area contributed by atoms with Gasteiger partial charge in [0.1, 0.15) is 0 Å². The molecule has 0 atom stereocenters. The molecule has 0 heterocycles. The van der Waals surface area contributed by atoms with E-state index in [9.17, 15) is 0 Å². The first-order chi connectivity index (χ1) is 5.61. The van der Waals surface area contributed by atoms with E-state index in [-0.39, 0.29) is 0 Å². The Labute approximate surface area is 74.4 Å². The summed E-state index contributed by atoms with van der Waals surface area (Å²) in [5.74, 6) is 0.693. The van der Waals surface area contributed by atoms with Crippen LogP contribution in [0.1, 0.15) is 27.7 Å². The minimum absolute atomic E-state index is 0.693. The maximum atomic E-state index is 4.17. The highest BCUT2D eigenvalue weighted by atomic mass is 14.9. The maximum absolute atomic E-state index is 4.17. The Morgan fingerprint density at radius 1 is 1.25 bits per heavy atom. The molecule has 0 spiro atoms. The number of hydrogen-bond donors (Lipinski definition) is 0. The van der Waals surface area contributed by atoms with Crippen molar-refractivity contribution in [2.45, 2.75) is 27.7 Å². The van der Waals surface area contributed by atoms with Crippen LogP contribution in [0.3, 0.4) is 0 Å². The zero-order chi connectivity index (χ0) is 9.56. The SMILES string of the molecule is C=NC(=N\C=C(C)C)/C(C)=C/C. The predicted octanol–water partition coefficient (Wildman–Crippen LogP) is 2.98. The Kier molecular flexibility index (Phi) is 4.93. The van der Waals surface area contributed by atoms with Crippen LogP contribution in [0.4, 0.5) is 0 Å². The second-order valence-electron chi connectivity index (χ2n) is 2.79. The van der Waals surface area contributed by atoms with E-state index in [2.05, 4.69) is 16.7 Å². The number of nitrogens with zero attached hydrogens (tertiary/aromatic N) is 2. The summed E-state index contributed by atoms with van der Waals surface area (Å²) in [5.41, 5.74) is 2.20. The van der Waals surface area contributed by atoms with Gasteiger partial charge in [0, 0.05) is 6.20 Å². The predicted molar refractivity (Wildman–Crippen MR) is 55.8 cm³/mol. The maximum Gasteiger partial charge on any atom is 0.153 e. The van der Waals surface area contributed by atoms with E-state index < -0.39 is 0 Å². The summed E-state index contributed by atoms with van der Waals surface area (Å²) in [6.45, 7) is 11.4. The fourth-order valence-electron chi connectivity index (χ4n) is 0.587. The zero-order valence-corrected chi connectivity index (χ0v) is 8.26. The summed E-state index contributed by atoms with van der Waals surface area (Å²) in [5, 5.41) is 0. The van der Waals surface area contributed by atoms with E-state index in [0.29, 0.717) is 5.84 Å². The van der Waals surface area contributed by atoms with Crippen LogP contribution in [0.2, 0.25) is 0 Å². The van der Waals surface area contributed by atoms with E-state index in [4.69, 9.17) is 0 Å². The molecule has 0 aliphatic carbocycles. The molecule has 0 saturated carbocycles. The van der Waals surface area contributed by atoms with E-state index >= 15 is 0 Å².